The average molecular weight is 286 g/mol. The third kappa shape index (κ3) is 2.65. The molecule has 0 saturated heterocycles. The van der Waals surface area contributed by atoms with Gasteiger partial charge >= 0.3 is 0 Å². The summed E-state index contributed by atoms with van der Waals surface area (Å²) in [5.41, 5.74) is 0.752. The van der Waals surface area contributed by atoms with Crippen LogP contribution in [0.3, 0.4) is 0 Å². The first-order valence-corrected chi connectivity index (χ1v) is 6.54. The van der Waals surface area contributed by atoms with E-state index in [1.807, 2.05) is 26.0 Å². The summed E-state index contributed by atoms with van der Waals surface area (Å²) in [5.74, 6) is 1.57. The second-order valence-electron chi connectivity index (χ2n) is 5.50. The fourth-order valence-electron chi connectivity index (χ4n) is 2.32. The van der Waals surface area contributed by atoms with Crippen molar-refractivity contribution in [2.45, 2.75) is 25.9 Å². The van der Waals surface area contributed by atoms with Gasteiger partial charge in [-0.3, -0.25) is 10.1 Å². The van der Waals surface area contributed by atoms with E-state index in [1.54, 1.807) is 6.07 Å². The standard InChI is InChI=1S/C15H14N2O4/c1-15(2)8-10-4-3-5-12(14(10)21-15)20-13-7-6-11(9-16-13)17(18)19/h3-7,9H,8H2,1-2H3. The van der Waals surface area contributed by atoms with Gasteiger partial charge in [0.25, 0.3) is 5.69 Å². The summed E-state index contributed by atoms with van der Waals surface area (Å²) < 4.78 is 11.6. The zero-order valence-electron chi connectivity index (χ0n) is 11.7. The first-order chi connectivity index (χ1) is 9.94. The number of nitro groups is 1. The monoisotopic (exact) mass is 286 g/mol. The van der Waals surface area contributed by atoms with Crippen LogP contribution >= 0.6 is 0 Å². The van der Waals surface area contributed by atoms with E-state index in [4.69, 9.17) is 9.47 Å². The molecular weight excluding hydrogens is 272 g/mol. The Kier molecular flexibility index (Phi) is 3.01. The van der Waals surface area contributed by atoms with Gasteiger partial charge in [0.1, 0.15) is 11.8 Å². The van der Waals surface area contributed by atoms with Gasteiger partial charge in [0.15, 0.2) is 11.5 Å². The Hall–Kier alpha value is -2.63. The molecule has 108 valence electrons. The maximum absolute atomic E-state index is 10.6. The van der Waals surface area contributed by atoms with E-state index in [0.717, 1.165) is 12.0 Å². The lowest BCUT2D eigenvalue weighted by atomic mass is 10.0. The Bertz CT molecular complexity index is 695. The van der Waals surface area contributed by atoms with Crippen molar-refractivity contribution in [3.8, 4) is 17.4 Å². The minimum atomic E-state index is -0.497. The van der Waals surface area contributed by atoms with Crippen LogP contribution in [0, 0.1) is 10.1 Å². The molecule has 6 nitrogen and oxygen atoms in total. The van der Waals surface area contributed by atoms with Crippen molar-refractivity contribution >= 4 is 5.69 Å². The van der Waals surface area contributed by atoms with Gasteiger partial charge in [0.2, 0.25) is 5.88 Å². The number of pyridine rings is 1. The van der Waals surface area contributed by atoms with Crippen LogP contribution in [0.4, 0.5) is 5.69 Å². The van der Waals surface area contributed by atoms with Crippen molar-refractivity contribution in [2.75, 3.05) is 0 Å². The molecule has 0 spiro atoms. The predicted molar refractivity (Wildman–Crippen MR) is 75.8 cm³/mol. The molecule has 0 saturated carbocycles. The summed E-state index contributed by atoms with van der Waals surface area (Å²) in [4.78, 5) is 14.0. The quantitative estimate of drug-likeness (QED) is 0.637. The molecule has 0 atom stereocenters. The normalized spacial score (nSPS) is 15.1. The maximum atomic E-state index is 10.6. The van der Waals surface area contributed by atoms with Gasteiger partial charge in [-0.2, -0.15) is 0 Å². The van der Waals surface area contributed by atoms with E-state index in [-0.39, 0.29) is 11.3 Å². The lowest BCUT2D eigenvalue weighted by Crippen LogP contribution is -2.24. The van der Waals surface area contributed by atoms with E-state index in [9.17, 15) is 10.1 Å². The van der Waals surface area contributed by atoms with Crippen molar-refractivity contribution in [3.63, 3.8) is 0 Å². The third-order valence-corrected chi connectivity index (χ3v) is 3.20. The molecule has 1 aromatic heterocycles. The molecule has 0 radical (unpaired) electrons. The van der Waals surface area contributed by atoms with Crippen molar-refractivity contribution in [3.05, 3.63) is 52.2 Å². The number of hydrogen-bond donors (Lipinski definition) is 0. The number of fused-ring (bicyclic) bond motifs is 1. The van der Waals surface area contributed by atoms with Crippen LogP contribution in [0.1, 0.15) is 19.4 Å². The summed E-state index contributed by atoms with van der Waals surface area (Å²) in [6.07, 6.45) is 1.98. The van der Waals surface area contributed by atoms with Gasteiger partial charge in [-0.1, -0.05) is 12.1 Å². The van der Waals surface area contributed by atoms with Crippen LogP contribution in [0.15, 0.2) is 36.5 Å². The zero-order chi connectivity index (χ0) is 15.0. The van der Waals surface area contributed by atoms with Gasteiger partial charge in [-0.05, 0) is 19.9 Å². The largest absolute Gasteiger partial charge is 0.483 e. The summed E-state index contributed by atoms with van der Waals surface area (Å²) in [5, 5.41) is 10.6. The molecule has 2 aromatic rings. The number of nitrogens with zero attached hydrogens (tertiary/aromatic N) is 2. The molecular formula is C15H14N2O4. The van der Waals surface area contributed by atoms with Gasteiger partial charge in [-0.25, -0.2) is 4.98 Å². The van der Waals surface area contributed by atoms with E-state index in [1.165, 1.54) is 18.3 Å². The highest BCUT2D eigenvalue weighted by atomic mass is 16.6. The first kappa shape index (κ1) is 13.4. The van der Waals surface area contributed by atoms with E-state index in [0.29, 0.717) is 17.4 Å². The van der Waals surface area contributed by atoms with Crippen LogP contribution in [0.5, 0.6) is 17.4 Å². The fraction of sp³-hybridized carbons (Fsp3) is 0.267. The van der Waals surface area contributed by atoms with Crippen LogP contribution in [0.25, 0.3) is 0 Å². The Morgan fingerprint density at radius 2 is 2.14 bits per heavy atom. The number of hydrogen-bond acceptors (Lipinski definition) is 5. The highest BCUT2D eigenvalue weighted by Gasteiger charge is 2.32. The van der Waals surface area contributed by atoms with Gasteiger partial charge in [-0.15, -0.1) is 0 Å². The Balaban J connectivity index is 1.87. The molecule has 1 aromatic carbocycles. The maximum Gasteiger partial charge on any atom is 0.287 e. The van der Waals surface area contributed by atoms with Crippen LogP contribution in [-0.2, 0) is 6.42 Å². The number of aromatic nitrogens is 1. The Labute approximate surface area is 121 Å². The summed E-state index contributed by atoms with van der Waals surface area (Å²) in [6, 6.07) is 8.52. The molecule has 3 rings (SSSR count). The minimum absolute atomic E-state index is 0.0713. The molecule has 0 aliphatic carbocycles. The summed E-state index contributed by atoms with van der Waals surface area (Å²) >= 11 is 0. The second-order valence-corrected chi connectivity index (χ2v) is 5.50. The highest BCUT2D eigenvalue weighted by molar-refractivity contribution is 5.51. The van der Waals surface area contributed by atoms with Gasteiger partial charge in [0.05, 0.1) is 4.92 Å². The van der Waals surface area contributed by atoms with Crippen LogP contribution < -0.4 is 9.47 Å². The molecule has 0 N–H and O–H groups in total. The lowest BCUT2D eigenvalue weighted by Gasteiger charge is -2.18. The smallest absolute Gasteiger partial charge is 0.287 e. The van der Waals surface area contributed by atoms with Gasteiger partial charge in [0, 0.05) is 24.1 Å². The molecule has 6 heteroatoms. The Morgan fingerprint density at radius 3 is 2.81 bits per heavy atom. The molecule has 0 fully saturated rings. The molecule has 1 aliphatic rings. The Morgan fingerprint density at radius 1 is 1.33 bits per heavy atom. The van der Waals surface area contributed by atoms with E-state index < -0.39 is 4.92 Å². The molecule has 2 heterocycles. The van der Waals surface area contributed by atoms with Crippen molar-refractivity contribution < 1.29 is 14.4 Å². The van der Waals surface area contributed by atoms with Crippen molar-refractivity contribution in [1.82, 2.24) is 4.98 Å². The van der Waals surface area contributed by atoms with Crippen LogP contribution in [0.2, 0.25) is 0 Å². The predicted octanol–water partition coefficient (Wildman–Crippen LogP) is 3.50. The number of rotatable bonds is 3. The molecule has 0 amide bonds. The molecule has 1 aliphatic heterocycles. The summed E-state index contributed by atoms with van der Waals surface area (Å²) in [7, 11) is 0. The lowest BCUT2D eigenvalue weighted by molar-refractivity contribution is -0.385. The van der Waals surface area contributed by atoms with Crippen molar-refractivity contribution in [1.29, 1.82) is 0 Å². The fourth-order valence-corrected chi connectivity index (χ4v) is 2.32. The molecule has 0 bridgehead atoms. The molecule has 0 unspecified atom stereocenters. The number of benzene rings is 1. The summed E-state index contributed by atoms with van der Waals surface area (Å²) in [6.45, 7) is 4.03. The number of para-hydroxylation sites is 1. The van der Waals surface area contributed by atoms with Crippen LogP contribution in [-0.4, -0.2) is 15.5 Å². The topological polar surface area (TPSA) is 74.5 Å². The first-order valence-electron chi connectivity index (χ1n) is 6.54. The van der Waals surface area contributed by atoms with E-state index in [2.05, 4.69) is 4.98 Å². The molecule has 21 heavy (non-hydrogen) atoms. The van der Waals surface area contributed by atoms with Gasteiger partial charge < -0.3 is 9.47 Å². The zero-order valence-corrected chi connectivity index (χ0v) is 11.7. The van der Waals surface area contributed by atoms with E-state index >= 15 is 0 Å². The van der Waals surface area contributed by atoms with Crippen molar-refractivity contribution in [2.24, 2.45) is 0 Å². The second kappa shape index (κ2) is 4.73. The number of ether oxygens (including phenoxy) is 2. The third-order valence-electron chi connectivity index (χ3n) is 3.20. The SMILES string of the molecule is CC1(C)Cc2cccc(Oc3ccc([N+](=O)[O-])cn3)c2O1. The average Bonchev–Trinajstić information content (AvgIpc) is 2.74. The highest BCUT2D eigenvalue weighted by Crippen LogP contribution is 2.43. The minimum Gasteiger partial charge on any atom is -0.483 e.